The van der Waals surface area contributed by atoms with E-state index in [2.05, 4.69) is 0 Å². The van der Waals surface area contributed by atoms with Crippen molar-refractivity contribution in [3.63, 3.8) is 0 Å². The summed E-state index contributed by atoms with van der Waals surface area (Å²) in [5.74, 6) is -0.247. The normalized spacial score (nSPS) is 10.6. The fourth-order valence-corrected chi connectivity index (χ4v) is 2.54. The molecule has 2 nitrogen and oxygen atoms in total. The Labute approximate surface area is 129 Å². The summed E-state index contributed by atoms with van der Waals surface area (Å²) in [7, 11) is 2.89. The summed E-state index contributed by atoms with van der Waals surface area (Å²) in [6, 6.07) is 7.06. The van der Waals surface area contributed by atoms with Crippen LogP contribution >= 0.6 is 0 Å². The lowest BCUT2D eigenvalue weighted by molar-refractivity contribution is 0.379. The molecule has 0 aromatic heterocycles. The molecule has 0 unspecified atom stereocenters. The molecule has 2 rings (SSSR count). The average Bonchev–Trinajstić information content (AvgIpc) is 2.49. The van der Waals surface area contributed by atoms with Crippen molar-refractivity contribution in [2.45, 2.75) is 26.7 Å². The van der Waals surface area contributed by atoms with Gasteiger partial charge in [-0.25, -0.2) is 8.78 Å². The Bertz CT molecular complexity index is 622. The van der Waals surface area contributed by atoms with Crippen molar-refractivity contribution in [1.82, 2.24) is 0 Å². The third-order valence-electron chi connectivity index (χ3n) is 3.82. The summed E-state index contributed by atoms with van der Waals surface area (Å²) in [5, 5.41) is 0. The number of hydrogen-bond donors (Lipinski definition) is 0. The summed E-state index contributed by atoms with van der Waals surface area (Å²) < 4.78 is 38.8. The molecular formula is C18H20F2O2. The number of benzene rings is 2. The first kappa shape index (κ1) is 16.3. The van der Waals surface area contributed by atoms with Crippen molar-refractivity contribution in [1.29, 1.82) is 0 Å². The van der Waals surface area contributed by atoms with E-state index in [1.807, 2.05) is 12.1 Å². The largest absolute Gasteiger partial charge is 0.493 e. The predicted molar refractivity (Wildman–Crippen MR) is 82.8 cm³/mol. The molecule has 0 aliphatic rings. The highest BCUT2D eigenvalue weighted by atomic mass is 19.1. The summed E-state index contributed by atoms with van der Waals surface area (Å²) in [5.41, 5.74) is 2.52. The van der Waals surface area contributed by atoms with Gasteiger partial charge in [0, 0.05) is 0 Å². The van der Waals surface area contributed by atoms with E-state index in [0.29, 0.717) is 24.0 Å². The predicted octanol–water partition coefficient (Wildman–Crippen LogP) is 4.38. The highest BCUT2D eigenvalue weighted by molar-refractivity contribution is 5.41. The van der Waals surface area contributed by atoms with Crippen molar-refractivity contribution >= 4 is 0 Å². The van der Waals surface area contributed by atoms with Crippen molar-refractivity contribution in [2.75, 3.05) is 14.2 Å². The molecule has 0 aliphatic carbocycles. The molecule has 0 bridgehead atoms. The van der Waals surface area contributed by atoms with Crippen LogP contribution < -0.4 is 9.47 Å². The monoisotopic (exact) mass is 306 g/mol. The summed E-state index contributed by atoms with van der Waals surface area (Å²) >= 11 is 0. The van der Waals surface area contributed by atoms with E-state index < -0.39 is 0 Å². The number of aryl methyl sites for hydroxylation is 4. The zero-order valence-corrected chi connectivity index (χ0v) is 13.3. The second kappa shape index (κ2) is 6.77. The van der Waals surface area contributed by atoms with Crippen LogP contribution in [0.3, 0.4) is 0 Å². The average molecular weight is 306 g/mol. The lowest BCUT2D eigenvalue weighted by Gasteiger charge is -2.12. The minimum absolute atomic E-state index is 0.249. The molecule has 0 amide bonds. The number of hydrogen-bond acceptors (Lipinski definition) is 2. The fourth-order valence-electron chi connectivity index (χ4n) is 2.54. The van der Waals surface area contributed by atoms with Crippen LogP contribution in [-0.4, -0.2) is 14.2 Å². The minimum atomic E-state index is -0.373. The van der Waals surface area contributed by atoms with Crippen LogP contribution in [-0.2, 0) is 12.8 Å². The molecule has 22 heavy (non-hydrogen) atoms. The first-order valence-corrected chi connectivity index (χ1v) is 7.13. The highest BCUT2D eigenvalue weighted by Gasteiger charge is 2.15. The standard InChI is InChI=1S/C18H20F2O2/c1-11-5-7-13(15(19)17(11)21-3)9-10-14-8-6-12(2)18(22-4)16(14)20/h5-8H,9-10H2,1-4H3. The molecule has 0 aliphatic heterocycles. The third kappa shape index (κ3) is 3.06. The van der Waals surface area contributed by atoms with Gasteiger partial charge in [-0.3, -0.25) is 0 Å². The number of ether oxygens (including phenoxy) is 2. The van der Waals surface area contributed by atoms with Crippen LogP contribution in [0.15, 0.2) is 24.3 Å². The quantitative estimate of drug-likeness (QED) is 0.816. The van der Waals surface area contributed by atoms with Crippen LogP contribution in [0.25, 0.3) is 0 Å². The number of rotatable bonds is 5. The molecule has 0 spiro atoms. The molecule has 0 saturated heterocycles. The van der Waals surface area contributed by atoms with Gasteiger partial charge in [-0.1, -0.05) is 24.3 Å². The Morgan fingerprint density at radius 1 is 0.727 bits per heavy atom. The van der Waals surface area contributed by atoms with E-state index >= 15 is 0 Å². The van der Waals surface area contributed by atoms with Crippen LogP contribution in [0.2, 0.25) is 0 Å². The Balaban J connectivity index is 2.24. The van der Waals surface area contributed by atoms with Crippen molar-refractivity contribution in [3.8, 4) is 11.5 Å². The van der Waals surface area contributed by atoms with Gasteiger partial charge in [0.2, 0.25) is 0 Å². The van der Waals surface area contributed by atoms with Gasteiger partial charge in [0.1, 0.15) is 0 Å². The number of methoxy groups -OCH3 is 2. The maximum atomic E-state index is 14.3. The van der Waals surface area contributed by atoms with Crippen LogP contribution in [0.1, 0.15) is 22.3 Å². The molecule has 2 aromatic carbocycles. The lowest BCUT2D eigenvalue weighted by Crippen LogP contribution is -2.02. The highest BCUT2D eigenvalue weighted by Crippen LogP contribution is 2.28. The van der Waals surface area contributed by atoms with E-state index in [-0.39, 0.29) is 23.1 Å². The molecule has 0 fully saturated rings. The van der Waals surface area contributed by atoms with E-state index in [0.717, 1.165) is 11.1 Å². The van der Waals surface area contributed by atoms with Crippen molar-refractivity contribution in [2.24, 2.45) is 0 Å². The molecule has 0 N–H and O–H groups in total. The van der Waals surface area contributed by atoms with Gasteiger partial charge in [-0.05, 0) is 48.9 Å². The Morgan fingerprint density at radius 3 is 1.41 bits per heavy atom. The van der Waals surface area contributed by atoms with Gasteiger partial charge in [0.25, 0.3) is 0 Å². The van der Waals surface area contributed by atoms with Gasteiger partial charge >= 0.3 is 0 Å². The zero-order valence-electron chi connectivity index (χ0n) is 13.3. The Hall–Kier alpha value is -2.10. The Kier molecular flexibility index (Phi) is 5.01. The minimum Gasteiger partial charge on any atom is -0.493 e. The molecule has 0 radical (unpaired) electrons. The summed E-state index contributed by atoms with van der Waals surface area (Å²) in [4.78, 5) is 0. The molecular weight excluding hydrogens is 286 g/mol. The second-order valence-electron chi connectivity index (χ2n) is 5.28. The first-order valence-electron chi connectivity index (χ1n) is 7.13. The van der Waals surface area contributed by atoms with E-state index in [1.165, 1.54) is 14.2 Å². The van der Waals surface area contributed by atoms with E-state index in [9.17, 15) is 8.78 Å². The van der Waals surface area contributed by atoms with Crippen LogP contribution in [0, 0.1) is 25.5 Å². The Morgan fingerprint density at radius 2 is 1.09 bits per heavy atom. The molecule has 0 atom stereocenters. The SMILES string of the molecule is COc1c(C)ccc(CCc2ccc(C)c(OC)c2F)c1F. The van der Waals surface area contributed by atoms with Gasteiger partial charge in [0.15, 0.2) is 23.1 Å². The molecule has 0 saturated carbocycles. The van der Waals surface area contributed by atoms with Gasteiger partial charge in [0.05, 0.1) is 14.2 Å². The maximum Gasteiger partial charge on any atom is 0.168 e. The van der Waals surface area contributed by atoms with Gasteiger partial charge < -0.3 is 9.47 Å². The summed E-state index contributed by atoms with van der Waals surface area (Å²) in [6.45, 7) is 3.58. The topological polar surface area (TPSA) is 18.5 Å². The molecule has 0 heterocycles. The fraction of sp³-hybridized carbons (Fsp3) is 0.333. The lowest BCUT2D eigenvalue weighted by atomic mass is 10.0. The van der Waals surface area contributed by atoms with Crippen molar-refractivity contribution < 1.29 is 18.3 Å². The van der Waals surface area contributed by atoms with E-state index in [4.69, 9.17) is 9.47 Å². The van der Waals surface area contributed by atoms with Gasteiger partial charge in [-0.15, -0.1) is 0 Å². The first-order chi connectivity index (χ1) is 10.5. The van der Waals surface area contributed by atoms with Crippen LogP contribution in [0.5, 0.6) is 11.5 Å². The molecule has 118 valence electrons. The smallest absolute Gasteiger partial charge is 0.168 e. The third-order valence-corrected chi connectivity index (χ3v) is 3.82. The van der Waals surface area contributed by atoms with Crippen LogP contribution in [0.4, 0.5) is 8.78 Å². The number of halogens is 2. The molecule has 4 heteroatoms. The second-order valence-corrected chi connectivity index (χ2v) is 5.28. The maximum absolute atomic E-state index is 14.3. The van der Waals surface area contributed by atoms with Crippen molar-refractivity contribution in [3.05, 3.63) is 58.2 Å². The summed E-state index contributed by atoms with van der Waals surface area (Å²) in [6.07, 6.45) is 0.789. The molecule has 2 aromatic rings. The zero-order chi connectivity index (χ0) is 16.3. The van der Waals surface area contributed by atoms with E-state index in [1.54, 1.807) is 26.0 Å². The van der Waals surface area contributed by atoms with Gasteiger partial charge in [-0.2, -0.15) is 0 Å².